The van der Waals surface area contributed by atoms with E-state index in [1.165, 1.54) is 0 Å². The van der Waals surface area contributed by atoms with Crippen molar-refractivity contribution in [1.82, 2.24) is 0 Å². The van der Waals surface area contributed by atoms with E-state index >= 15 is 0 Å². The molecule has 0 saturated heterocycles. The number of hydrogen-bond acceptors (Lipinski definition) is 2. The summed E-state index contributed by atoms with van der Waals surface area (Å²) in [6, 6.07) is 9.39. The molecule has 3 N–H and O–H groups in total. The summed E-state index contributed by atoms with van der Waals surface area (Å²) in [5, 5.41) is 10.2. The number of rotatable bonds is 4. The zero-order valence-corrected chi connectivity index (χ0v) is 8.11. The molecular formula is C12H15NO. The fraction of sp³-hybridized carbons (Fsp3) is 0.333. The van der Waals surface area contributed by atoms with E-state index in [1.54, 1.807) is 0 Å². The first-order valence-electron chi connectivity index (χ1n) is 4.64. The van der Waals surface area contributed by atoms with Crippen LogP contribution in [0, 0.1) is 12.3 Å². The molecule has 0 saturated carbocycles. The molecule has 0 radical (unpaired) electrons. The molecule has 0 aliphatic heterocycles. The van der Waals surface area contributed by atoms with Crippen LogP contribution in [0.1, 0.15) is 18.4 Å². The van der Waals surface area contributed by atoms with Gasteiger partial charge in [-0.15, -0.1) is 12.3 Å². The first-order valence-corrected chi connectivity index (χ1v) is 4.64. The Morgan fingerprint density at radius 3 is 2.50 bits per heavy atom. The highest BCUT2D eigenvalue weighted by atomic mass is 16.3. The minimum Gasteiger partial charge on any atom is -0.384 e. The van der Waals surface area contributed by atoms with E-state index in [2.05, 4.69) is 5.92 Å². The van der Waals surface area contributed by atoms with Crippen molar-refractivity contribution in [3.05, 3.63) is 35.9 Å². The second-order valence-corrected chi connectivity index (χ2v) is 3.31. The molecule has 0 spiro atoms. The van der Waals surface area contributed by atoms with Crippen LogP contribution < -0.4 is 5.73 Å². The van der Waals surface area contributed by atoms with Crippen molar-refractivity contribution in [1.29, 1.82) is 0 Å². The maximum Gasteiger partial charge on any atom is 0.103 e. The number of benzene rings is 1. The minimum atomic E-state index is -0.979. The Morgan fingerprint density at radius 1 is 1.36 bits per heavy atom. The highest BCUT2D eigenvalue weighted by molar-refractivity contribution is 5.22. The third-order valence-corrected chi connectivity index (χ3v) is 2.33. The van der Waals surface area contributed by atoms with Gasteiger partial charge in [-0.1, -0.05) is 30.3 Å². The predicted octanol–water partition coefficient (Wildman–Crippen LogP) is 1.25. The molecule has 0 aromatic heterocycles. The molecule has 1 rings (SSSR count). The van der Waals surface area contributed by atoms with Crippen molar-refractivity contribution in [3.8, 4) is 12.3 Å². The first-order chi connectivity index (χ1) is 6.73. The predicted molar refractivity (Wildman–Crippen MR) is 57.5 cm³/mol. The molecule has 74 valence electrons. The molecule has 2 nitrogen and oxygen atoms in total. The SMILES string of the molecule is C#CCCC(O)(CN)c1ccccc1. The summed E-state index contributed by atoms with van der Waals surface area (Å²) < 4.78 is 0. The van der Waals surface area contributed by atoms with E-state index in [9.17, 15) is 5.11 Å². The van der Waals surface area contributed by atoms with Gasteiger partial charge in [0.15, 0.2) is 0 Å². The average molecular weight is 189 g/mol. The van der Waals surface area contributed by atoms with E-state index < -0.39 is 5.60 Å². The lowest BCUT2D eigenvalue weighted by Gasteiger charge is -2.26. The molecule has 2 heteroatoms. The molecule has 1 aromatic rings. The van der Waals surface area contributed by atoms with Gasteiger partial charge in [0.1, 0.15) is 5.60 Å². The quantitative estimate of drug-likeness (QED) is 0.700. The van der Waals surface area contributed by atoms with Crippen LogP contribution in [0.4, 0.5) is 0 Å². The van der Waals surface area contributed by atoms with Crippen LogP contribution in [0.3, 0.4) is 0 Å². The van der Waals surface area contributed by atoms with Gasteiger partial charge in [0.2, 0.25) is 0 Å². The summed E-state index contributed by atoms with van der Waals surface area (Å²) in [7, 11) is 0. The molecule has 14 heavy (non-hydrogen) atoms. The maximum absolute atomic E-state index is 10.2. The van der Waals surface area contributed by atoms with E-state index in [-0.39, 0.29) is 6.54 Å². The Kier molecular flexibility index (Phi) is 3.70. The number of nitrogens with two attached hydrogens (primary N) is 1. The van der Waals surface area contributed by atoms with E-state index in [0.717, 1.165) is 5.56 Å². The fourth-order valence-corrected chi connectivity index (χ4v) is 1.39. The molecule has 0 bridgehead atoms. The largest absolute Gasteiger partial charge is 0.384 e. The van der Waals surface area contributed by atoms with E-state index in [0.29, 0.717) is 12.8 Å². The van der Waals surface area contributed by atoms with Crippen molar-refractivity contribution in [2.75, 3.05) is 6.54 Å². The third-order valence-electron chi connectivity index (χ3n) is 2.33. The topological polar surface area (TPSA) is 46.2 Å². The lowest BCUT2D eigenvalue weighted by atomic mass is 9.89. The van der Waals surface area contributed by atoms with Gasteiger partial charge in [0.05, 0.1) is 0 Å². The van der Waals surface area contributed by atoms with Crippen LogP contribution in [0.15, 0.2) is 30.3 Å². The van der Waals surface area contributed by atoms with Crippen molar-refractivity contribution in [2.24, 2.45) is 5.73 Å². The van der Waals surface area contributed by atoms with Crippen molar-refractivity contribution in [3.63, 3.8) is 0 Å². The molecule has 1 aromatic carbocycles. The maximum atomic E-state index is 10.2. The third kappa shape index (κ3) is 2.35. The average Bonchev–Trinajstić information content (AvgIpc) is 2.27. The molecule has 0 fully saturated rings. The minimum absolute atomic E-state index is 0.193. The lowest BCUT2D eigenvalue weighted by molar-refractivity contribution is 0.0383. The fourth-order valence-electron chi connectivity index (χ4n) is 1.39. The second kappa shape index (κ2) is 4.80. The summed E-state index contributed by atoms with van der Waals surface area (Å²) in [6.45, 7) is 0.193. The smallest absolute Gasteiger partial charge is 0.103 e. The number of aliphatic hydroxyl groups is 1. The first kappa shape index (κ1) is 10.8. The summed E-state index contributed by atoms with van der Waals surface area (Å²) in [5.41, 5.74) is 5.41. The van der Waals surface area contributed by atoms with Gasteiger partial charge < -0.3 is 10.8 Å². The zero-order chi connectivity index (χ0) is 10.4. The lowest BCUT2D eigenvalue weighted by Crippen LogP contribution is -2.34. The van der Waals surface area contributed by atoms with Gasteiger partial charge in [0.25, 0.3) is 0 Å². The van der Waals surface area contributed by atoms with Gasteiger partial charge in [-0.3, -0.25) is 0 Å². The zero-order valence-electron chi connectivity index (χ0n) is 8.11. The Labute approximate surface area is 84.8 Å². The van der Waals surface area contributed by atoms with E-state index in [4.69, 9.17) is 12.2 Å². The molecule has 0 aliphatic carbocycles. The summed E-state index contributed by atoms with van der Waals surface area (Å²) >= 11 is 0. The van der Waals surface area contributed by atoms with Gasteiger partial charge in [0, 0.05) is 13.0 Å². The molecular weight excluding hydrogens is 174 g/mol. The molecule has 0 heterocycles. The van der Waals surface area contributed by atoms with Gasteiger partial charge in [-0.05, 0) is 12.0 Å². The molecule has 1 unspecified atom stereocenters. The van der Waals surface area contributed by atoms with Crippen LogP contribution in [0.2, 0.25) is 0 Å². The Hall–Kier alpha value is -1.30. The summed E-state index contributed by atoms with van der Waals surface area (Å²) in [6.07, 6.45) is 6.20. The number of terminal acetylenes is 1. The van der Waals surface area contributed by atoms with Crippen LogP contribution in [0.25, 0.3) is 0 Å². The summed E-state index contributed by atoms with van der Waals surface area (Å²) in [4.78, 5) is 0. The highest BCUT2D eigenvalue weighted by Crippen LogP contribution is 2.24. The Balaban J connectivity index is 2.85. The molecule has 1 atom stereocenters. The van der Waals surface area contributed by atoms with Crippen LogP contribution >= 0.6 is 0 Å². The molecule has 0 aliphatic rings. The number of hydrogen-bond donors (Lipinski definition) is 2. The monoisotopic (exact) mass is 189 g/mol. The van der Waals surface area contributed by atoms with Gasteiger partial charge in [-0.2, -0.15) is 0 Å². The van der Waals surface area contributed by atoms with Gasteiger partial charge >= 0.3 is 0 Å². The Bertz CT molecular complexity index is 315. The normalized spacial score (nSPS) is 14.4. The van der Waals surface area contributed by atoms with Crippen LogP contribution in [-0.4, -0.2) is 11.7 Å². The van der Waals surface area contributed by atoms with E-state index in [1.807, 2.05) is 30.3 Å². The van der Waals surface area contributed by atoms with Crippen molar-refractivity contribution >= 4 is 0 Å². The van der Waals surface area contributed by atoms with Crippen LogP contribution in [-0.2, 0) is 5.60 Å². The van der Waals surface area contributed by atoms with Crippen LogP contribution in [0.5, 0.6) is 0 Å². The summed E-state index contributed by atoms with van der Waals surface area (Å²) in [5.74, 6) is 2.51. The van der Waals surface area contributed by atoms with Gasteiger partial charge in [-0.25, -0.2) is 0 Å². The highest BCUT2D eigenvalue weighted by Gasteiger charge is 2.26. The van der Waals surface area contributed by atoms with Crippen molar-refractivity contribution < 1.29 is 5.11 Å². The molecule has 0 amide bonds. The Morgan fingerprint density at radius 2 is 2.00 bits per heavy atom. The second-order valence-electron chi connectivity index (χ2n) is 3.31. The standard InChI is InChI=1S/C12H15NO/c1-2-3-9-12(14,10-13)11-7-5-4-6-8-11/h1,4-8,14H,3,9-10,13H2. The van der Waals surface area contributed by atoms with Crippen molar-refractivity contribution in [2.45, 2.75) is 18.4 Å².